The molecule has 0 atom stereocenters. The molecule has 2 nitrogen and oxygen atoms in total. The Balaban J connectivity index is 2.14. The monoisotopic (exact) mass is 308 g/mol. The average molecular weight is 308 g/mol. The molecule has 0 aliphatic rings. The fourth-order valence-corrected chi connectivity index (χ4v) is 3.01. The van der Waals surface area contributed by atoms with Crippen LogP contribution >= 0.6 is 45.3 Å². The summed E-state index contributed by atoms with van der Waals surface area (Å²) in [6, 6.07) is 2.12. The summed E-state index contributed by atoms with van der Waals surface area (Å²) in [5.74, 6) is 0. The van der Waals surface area contributed by atoms with Crippen molar-refractivity contribution < 1.29 is 0 Å². The molecule has 2 heterocycles. The van der Waals surface area contributed by atoms with Crippen molar-refractivity contribution in [1.82, 2.24) is 10.2 Å². The molecule has 0 amide bonds. The van der Waals surface area contributed by atoms with Crippen LogP contribution in [0.3, 0.4) is 0 Å². The van der Waals surface area contributed by atoms with Gasteiger partial charge in [-0.25, -0.2) is 0 Å². The zero-order valence-corrected chi connectivity index (χ0v) is 9.82. The summed E-state index contributed by atoms with van der Waals surface area (Å²) in [6.07, 6.45) is 0.921. The lowest BCUT2D eigenvalue weighted by Gasteiger charge is -1.87. The Kier molecular flexibility index (Phi) is 2.72. The quantitative estimate of drug-likeness (QED) is 0.797. The molecule has 0 fully saturated rings. The number of nitrogens with zero attached hydrogens (tertiary/aromatic N) is 2. The molecule has 0 saturated carbocycles. The van der Waals surface area contributed by atoms with Crippen molar-refractivity contribution in [1.29, 1.82) is 0 Å². The fourth-order valence-electron chi connectivity index (χ4n) is 0.872. The van der Waals surface area contributed by atoms with Crippen molar-refractivity contribution in [3.63, 3.8) is 0 Å². The predicted octanol–water partition coefficient (Wildman–Crippen LogP) is 2.80. The second-order valence-corrected chi connectivity index (χ2v) is 5.85. The van der Waals surface area contributed by atoms with Crippen LogP contribution in [0, 0.1) is 3.01 Å². The van der Waals surface area contributed by atoms with Crippen LogP contribution in [0.2, 0.25) is 0 Å². The smallest absolute Gasteiger partial charge is 0.152 e. The van der Waals surface area contributed by atoms with E-state index >= 15 is 0 Å². The molecule has 5 heteroatoms. The van der Waals surface area contributed by atoms with Gasteiger partial charge in [0.05, 0.1) is 0 Å². The topological polar surface area (TPSA) is 25.8 Å². The van der Waals surface area contributed by atoms with Gasteiger partial charge in [-0.05, 0) is 45.0 Å². The molecular formula is C7H5IN2S2. The maximum absolute atomic E-state index is 4.06. The predicted molar refractivity (Wildman–Crippen MR) is 59.8 cm³/mol. The highest BCUT2D eigenvalue weighted by Gasteiger charge is 2.02. The second-order valence-electron chi connectivity index (χ2n) is 2.26. The normalized spacial score (nSPS) is 10.4. The van der Waals surface area contributed by atoms with Crippen LogP contribution in [0.25, 0.3) is 0 Å². The van der Waals surface area contributed by atoms with Gasteiger partial charge in [-0.1, -0.05) is 11.3 Å². The van der Waals surface area contributed by atoms with Gasteiger partial charge < -0.3 is 0 Å². The van der Waals surface area contributed by atoms with Gasteiger partial charge in [0.1, 0.15) is 5.01 Å². The molecule has 62 valence electrons. The number of halogens is 1. The van der Waals surface area contributed by atoms with E-state index in [9.17, 15) is 0 Å². The van der Waals surface area contributed by atoms with Crippen LogP contribution in [0.15, 0.2) is 16.8 Å². The summed E-state index contributed by atoms with van der Waals surface area (Å²) in [6.45, 7) is 0. The van der Waals surface area contributed by atoms with Gasteiger partial charge in [0.25, 0.3) is 0 Å². The van der Waals surface area contributed by atoms with E-state index in [-0.39, 0.29) is 0 Å². The van der Waals surface area contributed by atoms with Crippen molar-refractivity contribution >= 4 is 45.3 Å². The Morgan fingerprint density at radius 1 is 1.42 bits per heavy atom. The third-order valence-electron chi connectivity index (χ3n) is 1.38. The van der Waals surface area contributed by atoms with Crippen molar-refractivity contribution in [2.75, 3.05) is 0 Å². The highest BCUT2D eigenvalue weighted by Crippen LogP contribution is 2.17. The van der Waals surface area contributed by atoms with E-state index in [4.69, 9.17) is 0 Å². The van der Waals surface area contributed by atoms with Gasteiger partial charge in [-0.2, -0.15) is 11.3 Å². The summed E-state index contributed by atoms with van der Waals surface area (Å²) in [5.41, 5.74) is 1.33. The maximum Gasteiger partial charge on any atom is 0.178 e. The van der Waals surface area contributed by atoms with Crippen LogP contribution < -0.4 is 0 Å². The van der Waals surface area contributed by atoms with Crippen LogP contribution in [0.4, 0.5) is 0 Å². The van der Waals surface area contributed by atoms with E-state index in [1.165, 1.54) is 5.56 Å². The van der Waals surface area contributed by atoms with Gasteiger partial charge in [0.15, 0.2) is 3.01 Å². The minimum atomic E-state index is 0.921. The highest BCUT2D eigenvalue weighted by atomic mass is 127. The Bertz CT molecular complexity index is 355. The summed E-state index contributed by atoms with van der Waals surface area (Å²) in [4.78, 5) is 0. The Labute approximate surface area is 91.8 Å². The number of aromatic nitrogens is 2. The maximum atomic E-state index is 4.06. The van der Waals surface area contributed by atoms with E-state index in [1.807, 2.05) is 0 Å². The Hall–Kier alpha value is -0.0100. The third kappa shape index (κ3) is 2.02. The van der Waals surface area contributed by atoms with Gasteiger partial charge >= 0.3 is 0 Å². The molecule has 0 saturated heterocycles. The molecule has 2 aromatic heterocycles. The number of hydrogen-bond acceptors (Lipinski definition) is 4. The van der Waals surface area contributed by atoms with E-state index < -0.39 is 0 Å². The SMILES string of the molecule is Ic1nnc(Cc2ccsc2)s1. The standard InChI is InChI=1S/C7H5IN2S2/c8-7-10-9-6(12-7)3-5-1-2-11-4-5/h1-2,4H,3H2. The second kappa shape index (κ2) is 3.80. The third-order valence-corrected chi connectivity index (χ3v) is 3.70. The van der Waals surface area contributed by atoms with E-state index in [0.717, 1.165) is 14.4 Å². The Morgan fingerprint density at radius 2 is 2.33 bits per heavy atom. The lowest BCUT2D eigenvalue weighted by molar-refractivity contribution is 0.994. The number of rotatable bonds is 2. The first-order valence-electron chi connectivity index (χ1n) is 3.33. The molecule has 0 spiro atoms. The molecule has 0 bridgehead atoms. The fraction of sp³-hybridized carbons (Fsp3) is 0.143. The summed E-state index contributed by atoms with van der Waals surface area (Å²) >= 11 is 5.56. The number of thiophene rings is 1. The molecule has 0 aliphatic carbocycles. The molecule has 2 aromatic rings. The molecular weight excluding hydrogens is 303 g/mol. The van der Waals surface area contributed by atoms with Crippen LogP contribution in [-0.2, 0) is 6.42 Å². The lowest BCUT2D eigenvalue weighted by Crippen LogP contribution is -1.83. The molecule has 12 heavy (non-hydrogen) atoms. The van der Waals surface area contributed by atoms with Gasteiger partial charge in [0, 0.05) is 6.42 Å². The van der Waals surface area contributed by atoms with Crippen molar-refractivity contribution in [2.45, 2.75) is 6.42 Å². The summed E-state index contributed by atoms with van der Waals surface area (Å²) < 4.78 is 1.01. The van der Waals surface area contributed by atoms with Crippen LogP contribution in [0.5, 0.6) is 0 Å². The molecule has 0 radical (unpaired) electrons. The molecule has 0 aromatic carbocycles. The van der Waals surface area contributed by atoms with E-state index in [2.05, 4.69) is 49.6 Å². The number of hydrogen-bond donors (Lipinski definition) is 0. The van der Waals surface area contributed by atoms with Crippen molar-refractivity contribution in [3.8, 4) is 0 Å². The highest BCUT2D eigenvalue weighted by molar-refractivity contribution is 14.1. The lowest BCUT2D eigenvalue weighted by atomic mass is 10.3. The average Bonchev–Trinajstić information content (AvgIpc) is 2.63. The van der Waals surface area contributed by atoms with Crippen molar-refractivity contribution in [3.05, 3.63) is 30.4 Å². The zero-order valence-electron chi connectivity index (χ0n) is 6.03. The van der Waals surface area contributed by atoms with E-state index in [0.29, 0.717) is 0 Å². The first kappa shape index (κ1) is 8.58. The molecule has 2 rings (SSSR count). The molecule has 0 unspecified atom stereocenters. The first-order chi connectivity index (χ1) is 5.84. The van der Waals surface area contributed by atoms with Gasteiger partial charge in [-0.15, -0.1) is 10.2 Å². The van der Waals surface area contributed by atoms with Crippen LogP contribution in [-0.4, -0.2) is 10.2 Å². The summed E-state index contributed by atoms with van der Waals surface area (Å²) in [5, 5.41) is 13.3. The minimum Gasteiger partial charge on any atom is -0.152 e. The largest absolute Gasteiger partial charge is 0.178 e. The zero-order chi connectivity index (χ0) is 8.39. The van der Waals surface area contributed by atoms with E-state index in [1.54, 1.807) is 22.7 Å². The summed E-state index contributed by atoms with van der Waals surface area (Å²) in [7, 11) is 0. The van der Waals surface area contributed by atoms with Crippen LogP contribution in [0.1, 0.15) is 10.6 Å². The van der Waals surface area contributed by atoms with Gasteiger partial charge in [0.2, 0.25) is 0 Å². The molecule has 0 N–H and O–H groups in total. The van der Waals surface area contributed by atoms with Crippen molar-refractivity contribution in [2.24, 2.45) is 0 Å². The van der Waals surface area contributed by atoms with Gasteiger partial charge in [-0.3, -0.25) is 0 Å². The first-order valence-corrected chi connectivity index (χ1v) is 6.17. The molecule has 0 aliphatic heterocycles. The minimum absolute atomic E-state index is 0.921. The Morgan fingerprint density at radius 3 is 2.92 bits per heavy atom.